The zero-order chi connectivity index (χ0) is 15.1. The molecular weight excluding hydrogens is 328 g/mol. The number of rotatable bonds is 2. The van der Waals surface area contributed by atoms with Gasteiger partial charge in [0.2, 0.25) is 0 Å². The largest absolute Gasteiger partial charge is 0.326 e. The number of benzene rings is 2. The van der Waals surface area contributed by atoms with Crippen molar-refractivity contribution in [3.63, 3.8) is 0 Å². The Morgan fingerprint density at radius 2 is 1.71 bits per heavy atom. The Hall–Kier alpha value is -1.86. The number of nitrogens with one attached hydrogen (secondary N) is 1. The van der Waals surface area contributed by atoms with Crippen LogP contribution in [-0.4, -0.2) is 4.98 Å². The van der Waals surface area contributed by atoms with E-state index in [0.29, 0.717) is 15.2 Å². The van der Waals surface area contributed by atoms with Crippen LogP contribution in [0, 0.1) is 23.3 Å². The molecule has 0 bridgehead atoms. The molecule has 0 amide bonds. The maximum atomic E-state index is 13.6. The van der Waals surface area contributed by atoms with Crippen LogP contribution in [0.2, 0.25) is 5.02 Å². The molecule has 0 atom stereocenters. The van der Waals surface area contributed by atoms with Crippen LogP contribution in [0.5, 0.6) is 0 Å². The fourth-order valence-electron chi connectivity index (χ4n) is 1.76. The number of hydrogen-bond acceptors (Lipinski definition) is 3. The van der Waals surface area contributed by atoms with Gasteiger partial charge in [-0.25, -0.2) is 22.5 Å². The molecule has 1 heterocycles. The Labute approximate surface area is 125 Å². The van der Waals surface area contributed by atoms with Crippen LogP contribution < -0.4 is 5.32 Å². The Kier molecular flexibility index (Phi) is 3.46. The van der Waals surface area contributed by atoms with Crippen LogP contribution in [0.15, 0.2) is 24.3 Å². The van der Waals surface area contributed by atoms with E-state index in [4.69, 9.17) is 11.6 Å². The third-order valence-electron chi connectivity index (χ3n) is 2.71. The van der Waals surface area contributed by atoms with Crippen LogP contribution in [0.3, 0.4) is 0 Å². The number of halogens is 5. The minimum atomic E-state index is -1.51. The van der Waals surface area contributed by atoms with Gasteiger partial charge in [0.05, 0.1) is 15.2 Å². The van der Waals surface area contributed by atoms with Gasteiger partial charge in [-0.15, -0.1) is 0 Å². The standard InChI is InChI=1S/C13H5ClF4N2S/c14-5-2-1-3-8-12(5)21-13(19-8)20-11-9(17)6(15)4-7(16)10(11)18/h1-4H,(H,19,20). The predicted molar refractivity (Wildman–Crippen MR) is 74.2 cm³/mol. The molecule has 0 aliphatic carbocycles. The van der Waals surface area contributed by atoms with Crippen LogP contribution in [0.25, 0.3) is 10.2 Å². The van der Waals surface area contributed by atoms with Gasteiger partial charge >= 0.3 is 0 Å². The molecule has 0 aliphatic heterocycles. The molecule has 0 saturated heterocycles. The Bertz CT molecular complexity index is 824. The van der Waals surface area contributed by atoms with Gasteiger partial charge in [-0.05, 0) is 12.1 Å². The average molecular weight is 333 g/mol. The third kappa shape index (κ3) is 2.43. The molecule has 1 N–H and O–H groups in total. The van der Waals surface area contributed by atoms with Crippen LogP contribution in [0.4, 0.5) is 28.4 Å². The van der Waals surface area contributed by atoms with E-state index in [0.717, 1.165) is 11.3 Å². The molecule has 3 rings (SSSR count). The molecule has 0 aliphatic rings. The highest BCUT2D eigenvalue weighted by Crippen LogP contribution is 2.35. The quantitative estimate of drug-likeness (QED) is 0.512. The van der Waals surface area contributed by atoms with Crippen molar-refractivity contribution in [2.45, 2.75) is 0 Å². The first kappa shape index (κ1) is 14.1. The Morgan fingerprint density at radius 3 is 2.33 bits per heavy atom. The highest BCUT2D eigenvalue weighted by molar-refractivity contribution is 7.22. The lowest BCUT2D eigenvalue weighted by molar-refractivity contribution is 0.459. The second-order valence-corrected chi connectivity index (χ2v) is 5.48. The summed E-state index contributed by atoms with van der Waals surface area (Å²) in [5.74, 6) is -6.01. The van der Waals surface area contributed by atoms with Crippen molar-refractivity contribution < 1.29 is 17.6 Å². The SMILES string of the molecule is Fc1cc(F)c(F)c(Nc2nc3cccc(Cl)c3s2)c1F. The minimum absolute atomic E-state index is 0.0703. The van der Waals surface area contributed by atoms with Crippen molar-refractivity contribution >= 4 is 44.0 Å². The second-order valence-electron chi connectivity index (χ2n) is 4.08. The summed E-state index contributed by atoms with van der Waals surface area (Å²) in [7, 11) is 0. The Balaban J connectivity index is 2.09. The molecular formula is C13H5ClF4N2S. The van der Waals surface area contributed by atoms with Crippen molar-refractivity contribution in [3.05, 3.63) is 52.6 Å². The number of nitrogens with zero attached hydrogens (tertiary/aromatic N) is 1. The highest BCUT2D eigenvalue weighted by Gasteiger charge is 2.20. The van der Waals surface area contributed by atoms with E-state index in [2.05, 4.69) is 10.3 Å². The van der Waals surface area contributed by atoms with Gasteiger partial charge in [0.25, 0.3) is 0 Å². The molecule has 0 saturated carbocycles. The third-order valence-corrected chi connectivity index (χ3v) is 4.16. The van der Waals surface area contributed by atoms with Gasteiger partial charge in [0.15, 0.2) is 28.4 Å². The maximum absolute atomic E-state index is 13.6. The number of thiazole rings is 1. The van der Waals surface area contributed by atoms with Crippen molar-refractivity contribution in [2.75, 3.05) is 5.32 Å². The fourth-order valence-corrected chi connectivity index (χ4v) is 2.92. The van der Waals surface area contributed by atoms with Crippen molar-refractivity contribution in [2.24, 2.45) is 0 Å². The maximum Gasteiger partial charge on any atom is 0.188 e. The lowest BCUT2D eigenvalue weighted by Crippen LogP contribution is -2.02. The molecule has 0 radical (unpaired) electrons. The van der Waals surface area contributed by atoms with Gasteiger partial charge in [-0.3, -0.25) is 0 Å². The minimum Gasteiger partial charge on any atom is -0.326 e. The lowest BCUT2D eigenvalue weighted by atomic mass is 10.2. The summed E-state index contributed by atoms with van der Waals surface area (Å²) >= 11 is 6.98. The molecule has 2 nitrogen and oxygen atoms in total. The number of anilines is 2. The fraction of sp³-hybridized carbons (Fsp3) is 0. The van der Waals surface area contributed by atoms with Gasteiger partial charge < -0.3 is 5.32 Å². The first-order chi connectivity index (χ1) is 9.97. The molecule has 0 fully saturated rings. The zero-order valence-electron chi connectivity index (χ0n) is 10.1. The summed E-state index contributed by atoms with van der Waals surface area (Å²) in [6.07, 6.45) is 0. The molecule has 1 aromatic heterocycles. The van der Waals surface area contributed by atoms with Crippen molar-refractivity contribution in [1.29, 1.82) is 0 Å². The first-order valence-corrected chi connectivity index (χ1v) is 6.82. The predicted octanol–water partition coefficient (Wildman–Crippen LogP) is 5.25. The number of aromatic nitrogens is 1. The molecule has 8 heteroatoms. The average Bonchev–Trinajstić information content (AvgIpc) is 2.86. The molecule has 21 heavy (non-hydrogen) atoms. The van der Waals surface area contributed by atoms with Crippen molar-refractivity contribution in [3.8, 4) is 0 Å². The highest BCUT2D eigenvalue weighted by atomic mass is 35.5. The number of hydrogen-bond donors (Lipinski definition) is 1. The summed E-state index contributed by atoms with van der Waals surface area (Å²) in [4.78, 5) is 4.06. The first-order valence-electron chi connectivity index (χ1n) is 5.62. The van der Waals surface area contributed by atoms with E-state index in [-0.39, 0.29) is 11.2 Å². The molecule has 0 unspecified atom stereocenters. The van der Waals surface area contributed by atoms with E-state index >= 15 is 0 Å². The monoisotopic (exact) mass is 332 g/mol. The molecule has 2 aromatic carbocycles. The molecule has 3 aromatic rings. The van der Waals surface area contributed by atoms with Gasteiger partial charge in [0, 0.05) is 6.07 Å². The second kappa shape index (κ2) is 5.16. The van der Waals surface area contributed by atoms with Gasteiger partial charge in [-0.1, -0.05) is 29.0 Å². The van der Waals surface area contributed by atoms with Gasteiger partial charge in [0.1, 0.15) is 5.69 Å². The Morgan fingerprint density at radius 1 is 1.05 bits per heavy atom. The van der Waals surface area contributed by atoms with Crippen LogP contribution >= 0.6 is 22.9 Å². The van der Waals surface area contributed by atoms with Crippen molar-refractivity contribution in [1.82, 2.24) is 4.98 Å². The summed E-state index contributed by atoms with van der Waals surface area (Å²) in [6, 6.07) is 5.10. The van der Waals surface area contributed by atoms with E-state index in [1.165, 1.54) is 0 Å². The summed E-state index contributed by atoms with van der Waals surface area (Å²) in [6.45, 7) is 0. The normalized spacial score (nSPS) is 11.1. The smallest absolute Gasteiger partial charge is 0.188 e. The van der Waals surface area contributed by atoms with E-state index in [1.54, 1.807) is 18.2 Å². The summed E-state index contributed by atoms with van der Waals surface area (Å²) in [5, 5.41) is 2.75. The topological polar surface area (TPSA) is 24.9 Å². The van der Waals surface area contributed by atoms with Crippen LogP contribution in [-0.2, 0) is 0 Å². The van der Waals surface area contributed by atoms with Gasteiger partial charge in [-0.2, -0.15) is 0 Å². The molecule has 0 spiro atoms. The van der Waals surface area contributed by atoms with E-state index in [1.807, 2.05) is 0 Å². The van der Waals surface area contributed by atoms with Crippen LogP contribution in [0.1, 0.15) is 0 Å². The molecule has 108 valence electrons. The zero-order valence-corrected chi connectivity index (χ0v) is 11.6. The summed E-state index contributed by atoms with van der Waals surface area (Å²) < 4.78 is 54.0. The summed E-state index contributed by atoms with van der Waals surface area (Å²) in [5.41, 5.74) is -0.421. The number of fused-ring (bicyclic) bond motifs is 1. The lowest BCUT2D eigenvalue weighted by Gasteiger charge is -2.07. The van der Waals surface area contributed by atoms with E-state index < -0.39 is 29.0 Å². The van der Waals surface area contributed by atoms with E-state index in [9.17, 15) is 17.6 Å².